The number of nitro benzene ring substituents is 1. The fourth-order valence-corrected chi connectivity index (χ4v) is 3.16. The van der Waals surface area contributed by atoms with Gasteiger partial charge in [-0.1, -0.05) is 12.1 Å². The summed E-state index contributed by atoms with van der Waals surface area (Å²) >= 11 is 0. The molecule has 1 aromatic carbocycles. The van der Waals surface area contributed by atoms with E-state index in [0.29, 0.717) is 0 Å². The molecule has 11 nitrogen and oxygen atoms in total. The minimum atomic E-state index is -1.77. The molecule has 40 heavy (non-hydrogen) atoms. The van der Waals surface area contributed by atoms with Crippen LogP contribution in [0.15, 0.2) is 23.8 Å². The predicted octanol–water partition coefficient (Wildman–Crippen LogP) is 5.43. The highest BCUT2D eigenvalue weighted by Gasteiger charge is 2.40. The van der Waals surface area contributed by atoms with Gasteiger partial charge in [0.1, 0.15) is 28.0 Å². The van der Waals surface area contributed by atoms with Crippen LogP contribution >= 0.6 is 0 Å². The molecule has 0 heterocycles. The first-order valence-electron chi connectivity index (χ1n) is 12.7. The van der Waals surface area contributed by atoms with Crippen LogP contribution in [0.3, 0.4) is 0 Å². The number of esters is 4. The normalized spacial score (nSPS) is 12.3. The molecule has 0 aromatic heterocycles. The number of nitrogens with zero attached hydrogens (tertiary/aromatic N) is 1. The van der Waals surface area contributed by atoms with Crippen molar-refractivity contribution in [2.45, 2.75) is 111 Å². The van der Waals surface area contributed by atoms with Crippen molar-refractivity contribution in [2.75, 3.05) is 0 Å². The van der Waals surface area contributed by atoms with Crippen molar-refractivity contribution in [3.05, 3.63) is 45.0 Å². The Balaban J connectivity index is 3.79. The number of nitro groups is 1. The van der Waals surface area contributed by atoms with Crippen LogP contribution in [0.5, 0.6) is 0 Å². The minimum absolute atomic E-state index is 0.0503. The average Bonchev–Trinajstić information content (AvgIpc) is 2.67. The second kappa shape index (κ2) is 12.2. The Hall–Kier alpha value is -3.76. The van der Waals surface area contributed by atoms with Gasteiger partial charge >= 0.3 is 23.9 Å². The summed E-state index contributed by atoms with van der Waals surface area (Å²) in [6, 6.07) is 3.54. The minimum Gasteiger partial charge on any atom is -0.459 e. The Kier molecular flexibility index (Phi) is 10.4. The zero-order valence-electron chi connectivity index (χ0n) is 25.4. The molecule has 222 valence electrons. The van der Waals surface area contributed by atoms with Crippen LogP contribution in [-0.2, 0) is 38.1 Å². The van der Waals surface area contributed by atoms with E-state index in [0.717, 1.165) is 12.1 Å². The largest absolute Gasteiger partial charge is 0.459 e. The van der Waals surface area contributed by atoms with Crippen molar-refractivity contribution in [1.82, 2.24) is 0 Å². The van der Waals surface area contributed by atoms with Gasteiger partial charge in [-0.2, -0.15) is 0 Å². The molecular weight excluding hydrogens is 522 g/mol. The Labute approximate surface area is 235 Å². The summed E-state index contributed by atoms with van der Waals surface area (Å²) in [4.78, 5) is 63.3. The summed E-state index contributed by atoms with van der Waals surface area (Å²) in [6.45, 7) is 19.2. The number of hydrogen-bond donors (Lipinski definition) is 0. The first kappa shape index (κ1) is 34.3. The molecule has 0 aliphatic heterocycles. The molecule has 0 aliphatic rings. The van der Waals surface area contributed by atoms with E-state index < -0.39 is 68.4 Å². The SMILES string of the molecule is CC(C)(C)OC(=O)C(=Cc1ccc(C(C(=O)OC(C)(C)C)C(=O)OC(C)(C)C)c([N+](=O)[O-])c1)C(=O)OC(C)(C)C. The van der Waals surface area contributed by atoms with Gasteiger partial charge in [0.25, 0.3) is 5.69 Å². The highest BCUT2D eigenvalue weighted by molar-refractivity contribution is 6.18. The maximum absolute atomic E-state index is 13.1. The Morgan fingerprint density at radius 1 is 0.700 bits per heavy atom. The predicted molar refractivity (Wildman–Crippen MR) is 147 cm³/mol. The van der Waals surface area contributed by atoms with Crippen molar-refractivity contribution in [1.29, 1.82) is 0 Å². The Morgan fingerprint density at radius 3 is 1.40 bits per heavy atom. The summed E-state index contributed by atoms with van der Waals surface area (Å²) in [5.41, 5.74) is -5.22. The van der Waals surface area contributed by atoms with Gasteiger partial charge in [-0.3, -0.25) is 19.7 Å². The fraction of sp³-hybridized carbons (Fsp3) is 0.586. The van der Waals surface area contributed by atoms with Gasteiger partial charge in [0.2, 0.25) is 0 Å². The van der Waals surface area contributed by atoms with Crippen LogP contribution in [0.1, 0.15) is 100 Å². The molecule has 0 bridgehead atoms. The second-order valence-corrected chi connectivity index (χ2v) is 13.1. The molecule has 1 aromatic rings. The summed E-state index contributed by atoms with van der Waals surface area (Å²) in [7, 11) is 0. The molecule has 0 spiro atoms. The Bertz CT molecular complexity index is 1130. The monoisotopic (exact) mass is 563 g/mol. The number of benzene rings is 1. The van der Waals surface area contributed by atoms with Gasteiger partial charge < -0.3 is 18.9 Å². The molecule has 0 radical (unpaired) electrons. The third kappa shape index (κ3) is 11.5. The molecule has 0 atom stereocenters. The molecule has 0 saturated carbocycles. The molecule has 0 saturated heterocycles. The van der Waals surface area contributed by atoms with E-state index in [2.05, 4.69) is 0 Å². The van der Waals surface area contributed by atoms with E-state index in [1.807, 2.05) is 0 Å². The van der Waals surface area contributed by atoms with E-state index >= 15 is 0 Å². The zero-order valence-corrected chi connectivity index (χ0v) is 25.4. The lowest BCUT2D eigenvalue weighted by Crippen LogP contribution is -2.35. The number of rotatable bonds is 7. The van der Waals surface area contributed by atoms with Crippen molar-refractivity contribution >= 4 is 35.6 Å². The third-order valence-corrected chi connectivity index (χ3v) is 4.40. The molecule has 11 heteroatoms. The molecule has 0 fully saturated rings. The molecule has 0 unspecified atom stereocenters. The van der Waals surface area contributed by atoms with Crippen LogP contribution < -0.4 is 0 Å². The van der Waals surface area contributed by atoms with E-state index in [1.165, 1.54) is 12.1 Å². The zero-order chi connectivity index (χ0) is 31.4. The van der Waals surface area contributed by atoms with Crippen LogP contribution in [0.4, 0.5) is 5.69 Å². The summed E-state index contributed by atoms with van der Waals surface area (Å²) in [6.07, 6.45) is 1.09. The summed E-state index contributed by atoms with van der Waals surface area (Å²) in [5.74, 6) is -5.82. The van der Waals surface area contributed by atoms with Crippen LogP contribution in [0, 0.1) is 10.1 Å². The number of carbonyl (C=O) groups is 4. The van der Waals surface area contributed by atoms with Crippen molar-refractivity contribution in [3.8, 4) is 0 Å². The Morgan fingerprint density at radius 2 is 1.07 bits per heavy atom. The van der Waals surface area contributed by atoms with Gasteiger partial charge in [-0.15, -0.1) is 0 Å². The summed E-state index contributed by atoms with van der Waals surface area (Å²) < 4.78 is 21.4. The average molecular weight is 564 g/mol. The maximum atomic E-state index is 13.1. The molecule has 0 amide bonds. The lowest BCUT2D eigenvalue weighted by Gasteiger charge is -2.26. The van der Waals surface area contributed by atoms with Gasteiger partial charge in [0.15, 0.2) is 5.92 Å². The molecule has 0 N–H and O–H groups in total. The van der Waals surface area contributed by atoms with Gasteiger partial charge in [0, 0.05) is 6.07 Å². The summed E-state index contributed by atoms with van der Waals surface area (Å²) in [5, 5.41) is 12.1. The van der Waals surface area contributed by atoms with E-state index in [-0.39, 0.29) is 11.1 Å². The highest BCUT2D eigenvalue weighted by atomic mass is 16.6. The standard InChI is InChI=1S/C29H41NO10/c1-26(2,3)37-22(31)19(23(32)38-27(4,5)6)15-17-13-14-18(20(16-17)30(35)36)21(24(33)39-28(7,8)9)25(34)40-29(10,11)12/h13-16,21H,1-12H3. The molecular formula is C29H41NO10. The first-order chi connectivity index (χ1) is 17.8. The smallest absolute Gasteiger partial charge is 0.346 e. The second-order valence-electron chi connectivity index (χ2n) is 13.1. The molecule has 0 aliphatic carbocycles. The van der Waals surface area contributed by atoms with Gasteiger partial charge in [-0.25, -0.2) is 9.59 Å². The quantitative estimate of drug-likeness (QED) is 0.0799. The lowest BCUT2D eigenvalue weighted by molar-refractivity contribution is -0.385. The number of hydrogen-bond acceptors (Lipinski definition) is 10. The first-order valence-corrected chi connectivity index (χ1v) is 12.7. The molecule has 1 rings (SSSR count). The van der Waals surface area contributed by atoms with Crippen LogP contribution in [-0.4, -0.2) is 51.2 Å². The number of ether oxygens (including phenoxy) is 4. The van der Waals surface area contributed by atoms with Crippen LogP contribution in [0.25, 0.3) is 6.08 Å². The fourth-order valence-electron chi connectivity index (χ4n) is 3.16. The van der Waals surface area contributed by atoms with E-state index in [4.69, 9.17) is 18.9 Å². The van der Waals surface area contributed by atoms with Crippen molar-refractivity contribution in [2.24, 2.45) is 0 Å². The van der Waals surface area contributed by atoms with Gasteiger partial charge in [0.05, 0.1) is 10.5 Å². The van der Waals surface area contributed by atoms with Crippen molar-refractivity contribution < 1.29 is 43.0 Å². The maximum Gasteiger partial charge on any atom is 0.346 e. The van der Waals surface area contributed by atoms with Gasteiger partial charge in [-0.05, 0) is 94.7 Å². The highest BCUT2D eigenvalue weighted by Crippen LogP contribution is 2.33. The van der Waals surface area contributed by atoms with Crippen molar-refractivity contribution in [3.63, 3.8) is 0 Å². The van der Waals surface area contributed by atoms with E-state index in [1.54, 1.807) is 83.1 Å². The van der Waals surface area contributed by atoms with E-state index in [9.17, 15) is 29.3 Å². The number of carbonyl (C=O) groups excluding carboxylic acids is 4. The third-order valence-electron chi connectivity index (χ3n) is 4.40. The van der Waals surface area contributed by atoms with Crippen LogP contribution in [0.2, 0.25) is 0 Å². The topological polar surface area (TPSA) is 148 Å². The lowest BCUT2D eigenvalue weighted by atomic mass is 9.94.